The van der Waals surface area contributed by atoms with E-state index in [1.165, 1.54) is 5.69 Å². The molecule has 0 aliphatic heterocycles. The molecule has 0 spiro atoms. The van der Waals surface area contributed by atoms with Crippen LogP contribution in [0.25, 0.3) is 0 Å². The summed E-state index contributed by atoms with van der Waals surface area (Å²) in [5, 5.41) is 9.29. The molecule has 1 unspecified atom stereocenters. The van der Waals surface area contributed by atoms with Gasteiger partial charge in [-0.05, 0) is 49.7 Å². The molecule has 0 saturated carbocycles. The third kappa shape index (κ3) is 4.15. The summed E-state index contributed by atoms with van der Waals surface area (Å²) in [5.74, 6) is 1.05. The number of ether oxygens (including phenoxy) is 1. The summed E-state index contributed by atoms with van der Waals surface area (Å²) < 4.78 is 5.87. The Morgan fingerprint density at radius 2 is 1.67 bits per heavy atom. The SMILES string of the molecule is CCC(COc1ccc(O)cc1)N(CC)c1ccccc1. The molecule has 1 N–H and O–H groups in total. The van der Waals surface area contributed by atoms with E-state index in [9.17, 15) is 5.11 Å². The van der Waals surface area contributed by atoms with Crippen LogP contribution >= 0.6 is 0 Å². The van der Waals surface area contributed by atoms with Crippen LogP contribution in [-0.4, -0.2) is 24.3 Å². The van der Waals surface area contributed by atoms with Gasteiger partial charge >= 0.3 is 0 Å². The van der Waals surface area contributed by atoms with Gasteiger partial charge in [0.15, 0.2) is 0 Å². The fourth-order valence-corrected chi connectivity index (χ4v) is 2.43. The Kier molecular flexibility index (Phi) is 5.50. The minimum atomic E-state index is 0.258. The summed E-state index contributed by atoms with van der Waals surface area (Å²) in [6.07, 6.45) is 1.01. The van der Waals surface area contributed by atoms with E-state index in [1.54, 1.807) is 24.3 Å². The van der Waals surface area contributed by atoms with E-state index in [2.05, 4.69) is 43.0 Å². The first-order valence-electron chi connectivity index (χ1n) is 7.48. The molecule has 2 rings (SSSR count). The third-order valence-electron chi connectivity index (χ3n) is 3.62. The Balaban J connectivity index is 2.02. The van der Waals surface area contributed by atoms with Crippen molar-refractivity contribution in [3.8, 4) is 11.5 Å². The summed E-state index contributed by atoms with van der Waals surface area (Å²) in [6, 6.07) is 17.6. The minimum Gasteiger partial charge on any atom is -0.508 e. The van der Waals surface area contributed by atoms with E-state index in [1.807, 2.05) is 6.07 Å². The number of aromatic hydroxyl groups is 1. The molecule has 0 amide bonds. The fraction of sp³-hybridized carbons (Fsp3) is 0.333. The Morgan fingerprint density at radius 1 is 1.00 bits per heavy atom. The number of benzene rings is 2. The molecular formula is C18H23NO2. The van der Waals surface area contributed by atoms with Crippen molar-refractivity contribution in [2.24, 2.45) is 0 Å². The molecule has 0 aliphatic carbocycles. The molecule has 1 atom stereocenters. The predicted octanol–water partition coefficient (Wildman–Crippen LogP) is 4.08. The van der Waals surface area contributed by atoms with Gasteiger partial charge in [-0.3, -0.25) is 0 Å². The van der Waals surface area contributed by atoms with Gasteiger partial charge in [-0.25, -0.2) is 0 Å². The molecule has 0 heterocycles. The predicted molar refractivity (Wildman–Crippen MR) is 87.1 cm³/mol. The Labute approximate surface area is 126 Å². The zero-order valence-electron chi connectivity index (χ0n) is 12.7. The van der Waals surface area contributed by atoms with Gasteiger partial charge in [0.05, 0.1) is 6.04 Å². The minimum absolute atomic E-state index is 0.258. The standard InChI is InChI=1S/C18H23NO2/c1-3-15(14-21-18-12-10-17(20)11-13-18)19(4-2)16-8-6-5-7-9-16/h5-13,15,20H,3-4,14H2,1-2H3. The van der Waals surface area contributed by atoms with E-state index in [4.69, 9.17) is 4.74 Å². The molecule has 0 aliphatic rings. The number of hydrogen-bond acceptors (Lipinski definition) is 3. The number of phenolic OH excluding ortho intramolecular Hbond substituents is 1. The van der Waals surface area contributed by atoms with Crippen LogP contribution in [0.5, 0.6) is 11.5 Å². The van der Waals surface area contributed by atoms with Crippen molar-refractivity contribution in [1.82, 2.24) is 0 Å². The highest BCUT2D eigenvalue weighted by Gasteiger charge is 2.16. The van der Waals surface area contributed by atoms with E-state index >= 15 is 0 Å². The quantitative estimate of drug-likeness (QED) is 0.832. The van der Waals surface area contributed by atoms with Gasteiger partial charge in [-0.15, -0.1) is 0 Å². The average Bonchev–Trinajstić information content (AvgIpc) is 2.54. The van der Waals surface area contributed by atoms with Gasteiger partial charge in [-0.2, -0.15) is 0 Å². The second kappa shape index (κ2) is 7.58. The van der Waals surface area contributed by atoms with Crippen molar-refractivity contribution in [2.45, 2.75) is 26.3 Å². The molecule has 2 aromatic rings. The number of anilines is 1. The fourth-order valence-electron chi connectivity index (χ4n) is 2.43. The lowest BCUT2D eigenvalue weighted by molar-refractivity contribution is 0.278. The molecule has 0 bridgehead atoms. The first-order valence-corrected chi connectivity index (χ1v) is 7.48. The molecule has 3 nitrogen and oxygen atoms in total. The van der Waals surface area contributed by atoms with Gasteiger partial charge in [-0.1, -0.05) is 25.1 Å². The van der Waals surface area contributed by atoms with E-state index in [0.717, 1.165) is 18.7 Å². The molecule has 0 radical (unpaired) electrons. The molecule has 3 heteroatoms. The lowest BCUT2D eigenvalue weighted by Crippen LogP contribution is -2.39. The van der Waals surface area contributed by atoms with Crippen molar-refractivity contribution in [1.29, 1.82) is 0 Å². The summed E-state index contributed by atoms with van der Waals surface area (Å²) in [7, 11) is 0. The number of rotatable bonds is 7. The largest absolute Gasteiger partial charge is 0.508 e. The van der Waals surface area contributed by atoms with Crippen LogP contribution in [0.3, 0.4) is 0 Å². The molecule has 0 saturated heterocycles. The van der Waals surface area contributed by atoms with Crippen LogP contribution in [-0.2, 0) is 0 Å². The van der Waals surface area contributed by atoms with Gasteiger partial charge in [0.2, 0.25) is 0 Å². The maximum absolute atomic E-state index is 9.29. The zero-order chi connectivity index (χ0) is 15.1. The van der Waals surface area contributed by atoms with Crippen molar-refractivity contribution in [2.75, 3.05) is 18.1 Å². The van der Waals surface area contributed by atoms with Gasteiger partial charge in [0.1, 0.15) is 18.1 Å². The maximum atomic E-state index is 9.29. The normalized spacial score (nSPS) is 11.9. The van der Waals surface area contributed by atoms with Crippen LogP contribution in [0, 0.1) is 0 Å². The summed E-state index contributed by atoms with van der Waals surface area (Å²) in [5.41, 5.74) is 1.22. The molecule has 0 fully saturated rings. The van der Waals surface area contributed by atoms with E-state index in [-0.39, 0.29) is 5.75 Å². The first-order chi connectivity index (χ1) is 10.2. The number of para-hydroxylation sites is 1. The highest BCUT2D eigenvalue weighted by atomic mass is 16.5. The highest BCUT2D eigenvalue weighted by molar-refractivity contribution is 5.47. The monoisotopic (exact) mass is 285 g/mol. The van der Waals surface area contributed by atoms with Crippen LogP contribution in [0.2, 0.25) is 0 Å². The van der Waals surface area contributed by atoms with Crippen LogP contribution in [0.1, 0.15) is 20.3 Å². The van der Waals surface area contributed by atoms with Crippen LogP contribution < -0.4 is 9.64 Å². The molecule has 21 heavy (non-hydrogen) atoms. The smallest absolute Gasteiger partial charge is 0.119 e. The van der Waals surface area contributed by atoms with E-state index < -0.39 is 0 Å². The third-order valence-corrected chi connectivity index (χ3v) is 3.62. The Bertz CT molecular complexity index is 525. The second-order valence-electron chi connectivity index (χ2n) is 4.99. The summed E-state index contributed by atoms with van der Waals surface area (Å²) in [4.78, 5) is 2.36. The zero-order valence-corrected chi connectivity index (χ0v) is 12.7. The van der Waals surface area contributed by atoms with Crippen LogP contribution in [0.4, 0.5) is 5.69 Å². The van der Waals surface area contributed by atoms with Crippen molar-refractivity contribution < 1.29 is 9.84 Å². The first kappa shape index (κ1) is 15.2. The van der Waals surface area contributed by atoms with Crippen molar-refractivity contribution in [3.05, 3.63) is 54.6 Å². The number of hydrogen-bond donors (Lipinski definition) is 1. The Morgan fingerprint density at radius 3 is 2.24 bits per heavy atom. The highest BCUT2D eigenvalue weighted by Crippen LogP contribution is 2.20. The maximum Gasteiger partial charge on any atom is 0.119 e. The average molecular weight is 285 g/mol. The van der Waals surface area contributed by atoms with Gasteiger partial charge < -0.3 is 14.7 Å². The molecule has 0 aromatic heterocycles. The van der Waals surface area contributed by atoms with Crippen molar-refractivity contribution >= 4 is 5.69 Å². The molecule has 2 aromatic carbocycles. The molecule has 112 valence electrons. The number of phenols is 1. The second-order valence-corrected chi connectivity index (χ2v) is 4.99. The summed E-state index contributed by atoms with van der Waals surface area (Å²) >= 11 is 0. The lowest BCUT2D eigenvalue weighted by Gasteiger charge is -2.32. The van der Waals surface area contributed by atoms with E-state index in [0.29, 0.717) is 12.6 Å². The number of nitrogens with zero attached hydrogens (tertiary/aromatic N) is 1. The summed E-state index contributed by atoms with van der Waals surface area (Å²) in [6.45, 7) is 5.91. The molecular weight excluding hydrogens is 262 g/mol. The lowest BCUT2D eigenvalue weighted by atomic mass is 10.1. The van der Waals surface area contributed by atoms with Gasteiger partial charge in [0.25, 0.3) is 0 Å². The van der Waals surface area contributed by atoms with Gasteiger partial charge in [0, 0.05) is 12.2 Å². The Hall–Kier alpha value is -2.16. The van der Waals surface area contributed by atoms with Crippen LogP contribution in [0.15, 0.2) is 54.6 Å². The van der Waals surface area contributed by atoms with Crippen molar-refractivity contribution in [3.63, 3.8) is 0 Å². The topological polar surface area (TPSA) is 32.7 Å². The number of likely N-dealkylation sites (N-methyl/N-ethyl adjacent to an activating group) is 1.